The van der Waals surface area contributed by atoms with Crippen LogP contribution in [-0.4, -0.2) is 24.8 Å². The van der Waals surface area contributed by atoms with Crippen LogP contribution < -0.4 is 10.4 Å². The predicted molar refractivity (Wildman–Crippen MR) is 115 cm³/mol. The van der Waals surface area contributed by atoms with E-state index in [4.69, 9.17) is 4.74 Å². The Hall–Kier alpha value is -3.81. The average molecular weight is 419 g/mol. The number of hydrogen-bond acceptors (Lipinski definition) is 5. The van der Waals surface area contributed by atoms with Gasteiger partial charge in [-0.15, -0.1) is 0 Å². The third-order valence-electron chi connectivity index (χ3n) is 5.24. The molecule has 0 aliphatic carbocycles. The van der Waals surface area contributed by atoms with E-state index in [2.05, 4.69) is 15.4 Å². The molecule has 158 valence electrons. The zero-order valence-corrected chi connectivity index (χ0v) is 17.8. The topological polar surface area (TPSA) is 74.8 Å². The first-order chi connectivity index (χ1) is 14.9. The molecule has 0 radical (unpaired) electrons. The molecule has 0 amide bonds. The number of benzene rings is 2. The van der Waals surface area contributed by atoms with Crippen LogP contribution in [-0.2, 0) is 13.7 Å². The molecule has 0 N–H and O–H groups in total. The second-order valence-corrected chi connectivity index (χ2v) is 7.42. The fraction of sp³-hybridized carbons (Fsp3) is 0.217. The predicted octanol–water partition coefficient (Wildman–Crippen LogP) is 3.67. The fourth-order valence-corrected chi connectivity index (χ4v) is 3.47. The first-order valence-corrected chi connectivity index (χ1v) is 9.79. The van der Waals surface area contributed by atoms with Gasteiger partial charge in [-0.05, 0) is 78.2 Å². The van der Waals surface area contributed by atoms with Gasteiger partial charge in [-0.25, -0.2) is 9.18 Å². The zero-order chi connectivity index (χ0) is 22.1. The van der Waals surface area contributed by atoms with Crippen LogP contribution in [0.5, 0.6) is 5.75 Å². The Morgan fingerprint density at radius 1 is 1.00 bits per heavy atom. The van der Waals surface area contributed by atoms with Crippen molar-refractivity contribution in [1.29, 1.82) is 0 Å². The van der Waals surface area contributed by atoms with E-state index < -0.39 is 0 Å². The van der Waals surface area contributed by atoms with Crippen LogP contribution in [0.3, 0.4) is 0 Å². The van der Waals surface area contributed by atoms with Gasteiger partial charge in [0.15, 0.2) is 0 Å². The largest absolute Gasteiger partial charge is 0.489 e. The average Bonchev–Trinajstić information content (AvgIpc) is 3.08. The van der Waals surface area contributed by atoms with E-state index in [9.17, 15) is 9.18 Å². The highest BCUT2D eigenvalue weighted by Crippen LogP contribution is 2.31. The molecule has 0 aliphatic rings. The van der Waals surface area contributed by atoms with Gasteiger partial charge < -0.3 is 4.74 Å². The Balaban J connectivity index is 1.67. The SMILES string of the molecule is Cc1cc(-c2ncccc2F)c(C)cc1OCc1c(C)cccc1-n1nnn(C)c1=O. The first-order valence-electron chi connectivity index (χ1n) is 9.79. The summed E-state index contributed by atoms with van der Waals surface area (Å²) in [4.78, 5) is 16.5. The van der Waals surface area contributed by atoms with Gasteiger partial charge >= 0.3 is 5.69 Å². The third-order valence-corrected chi connectivity index (χ3v) is 5.24. The Labute approximate surface area is 178 Å². The number of nitrogens with zero attached hydrogens (tertiary/aromatic N) is 5. The molecule has 0 atom stereocenters. The van der Waals surface area contributed by atoms with Crippen LogP contribution in [0.15, 0.2) is 53.5 Å². The molecule has 2 aromatic carbocycles. The Kier molecular flexibility index (Phi) is 5.37. The molecule has 4 rings (SSSR count). The van der Waals surface area contributed by atoms with E-state index in [0.717, 1.165) is 27.8 Å². The Bertz CT molecular complexity index is 1330. The van der Waals surface area contributed by atoms with E-state index in [0.29, 0.717) is 17.1 Å². The number of hydrogen-bond donors (Lipinski definition) is 0. The second kappa shape index (κ2) is 8.14. The lowest BCUT2D eigenvalue weighted by Gasteiger charge is -2.16. The molecule has 7 nitrogen and oxygen atoms in total. The summed E-state index contributed by atoms with van der Waals surface area (Å²) >= 11 is 0. The number of halogens is 1. The minimum absolute atomic E-state index is 0.239. The molecule has 0 bridgehead atoms. The highest BCUT2D eigenvalue weighted by atomic mass is 19.1. The lowest BCUT2D eigenvalue weighted by Crippen LogP contribution is -2.23. The van der Waals surface area contributed by atoms with Crippen LogP contribution in [0.4, 0.5) is 4.39 Å². The zero-order valence-electron chi connectivity index (χ0n) is 17.8. The monoisotopic (exact) mass is 419 g/mol. The summed E-state index contributed by atoms with van der Waals surface area (Å²) in [6, 6.07) is 12.4. The van der Waals surface area contributed by atoms with Crippen molar-refractivity contribution in [2.24, 2.45) is 7.05 Å². The summed E-state index contributed by atoms with van der Waals surface area (Å²) in [5, 5.41) is 7.74. The fourth-order valence-electron chi connectivity index (χ4n) is 3.47. The molecule has 4 aromatic rings. The molecule has 0 fully saturated rings. The maximum Gasteiger partial charge on any atom is 0.368 e. The Morgan fingerprint density at radius 3 is 2.52 bits per heavy atom. The van der Waals surface area contributed by atoms with Crippen molar-refractivity contribution < 1.29 is 9.13 Å². The van der Waals surface area contributed by atoms with Crippen LogP contribution in [0.25, 0.3) is 16.9 Å². The van der Waals surface area contributed by atoms with Crippen molar-refractivity contribution in [2.75, 3.05) is 0 Å². The van der Waals surface area contributed by atoms with Gasteiger partial charge in [-0.3, -0.25) is 4.98 Å². The van der Waals surface area contributed by atoms with Crippen molar-refractivity contribution in [3.63, 3.8) is 0 Å². The number of tetrazole rings is 1. The van der Waals surface area contributed by atoms with Crippen molar-refractivity contribution >= 4 is 0 Å². The van der Waals surface area contributed by atoms with Crippen LogP contribution in [0.2, 0.25) is 0 Å². The van der Waals surface area contributed by atoms with Gasteiger partial charge in [-0.2, -0.15) is 9.36 Å². The summed E-state index contributed by atoms with van der Waals surface area (Å²) in [6.07, 6.45) is 1.58. The molecule has 2 heterocycles. The van der Waals surface area contributed by atoms with E-state index in [1.165, 1.54) is 15.4 Å². The number of ether oxygens (including phenoxy) is 1. The van der Waals surface area contributed by atoms with Gasteiger partial charge in [0, 0.05) is 24.4 Å². The summed E-state index contributed by atoms with van der Waals surface area (Å²) in [7, 11) is 1.55. The van der Waals surface area contributed by atoms with Gasteiger partial charge in [0.1, 0.15) is 23.9 Å². The van der Waals surface area contributed by atoms with Crippen molar-refractivity contribution in [3.8, 4) is 22.7 Å². The van der Waals surface area contributed by atoms with E-state index in [1.807, 2.05) is 51.1 Å². The van der Waals surface area contributed by atoms with Crippen molar-refractivity contribution in [1.82, 2.24) is 24.8 Å². The first kappa shape index (κ1) is 20.5. The van der Waals surface area contributed by atoms with Crippen LogP contribution in [0, 0.1) is 26.6 Å². The van der Waals surface area contributed by atoms with Gasteiger partial charge in [-0.1, -0.05) is 12.1 Å². The highest BCUT2D eigenvalue weighted by molar-refractivity contribution is 5.66. The summed E-state index contributed by atoms with van der Waals surface area (Å²) in [5.74, 6) is 0.316. The summed E-state index contributed by atoms with van der Waals surface area (Å²) in [5.41, 5.74) is 4.85. The summed E-state index contributed by atoms with van der Waals surface area (Å²) in [6.45, 7) is 6.00. The smallest absolute Gasteiger partial charge is 0.368 e. The van der Waals surface area contributed by atoms with E-state index in [-0.39, 0.29) is 18.1 Å². The molecular weight excluding hydrogens is 397 g/mol. The Morgan fingerprint density at radius 2 is 1.81 bits per heavy atom. The standard InChI is InChI=1S/C23H22FN5O2/c1-14-7-5-9-20(29-23(30)28(4)26-27-29)18(14)13-31-21-12-15(2)17(11-16(21)3)22-19(24)8-6-10-25-22/h5-12H,13H2,1-4H3. The number of aryl methyl sites for hydroxylation is 4. The molecule has 2 aromatic heterocycles. The van der Waals surface area contributed by atoms with E-state index in [1.54, 1.807) is 19.3 Å². The third kappa shape index (κ3) is 3.84. The van der Waals surface area contributed by atoms with Gasteiger partial charge in [0.2, 0.25) is 0 Å². The molecule has 0 spiro atoms. The molecule has 0 aliphatic heterocycles. The van der Waals surface area contributed by atoms with Crippen LogP contribution in [0.1, 0.15) is 22.3 Å². The van der Waals surface area contributed by atoms with Crippen molar-refractivity contribution in [2.45, 2.75) is 27.4 Å². The molecule has 8 heteroatoms. The summed E-state index contributed by atoms with van der Waals surface area (Å²) < 4.78 is 22.8. The van der Waals surface area contributed by atoms with Gasteiger partial charge in [0.05, 0.1) is 5.69 Å². The number of rotatable bonds is 5. The minimum Gasteiger partial charge on any atom is -0.489 e. The molecule has 31 heavy (non-hydrogen) atoms. The van der Waals surface area contributed by atoms with E-state index >= 15 is 0 Å². The number of aromatic nitrogens is 5. The van der Waals surface area contributed by atoms with Crippen molar-refractivity contribution in [3.05, 3.63) is 87.2 Å². The maximum absolute atomic E-state index is 14.2. The highest BCUT2D eigenvalue weighted by Gasteiger charge is 2.16. The quantitative estimate of drug-likeness (QED) is 0.493. The lowest BCUT2D eigenvalue weighted by atomic mass is 10.0. The normalized spacial score (nSPS) is 11.0. The second-order valence-electron chi connectivity index (χ2n) is 7.42. The molecule has 0 unspecified atom stereocenters. The molecule has 0 saturated heterocycles. The maximum atomic E-state index is 14.2. The van der Waals surface area contributed by atoms with Crippen LogP contribution >= 0.6 is 0 Å². The lowest BCUT2D eigenvalue weighted by molar-refractivity contribution is 0.302. The minimum atomic E-state index is -0.363. The molecule has 0 saturated carbocycles. The van der Waals surface area contributed by atoms with Gasteiger partial charge in [0.25, 0.3) is 0 Å². The molecular formula is C23H22FN5O2. The number of pyridine rings is 1.